The van der Waals surface area contributed by atoms with E-state index in [1.807, 2.05) is 0 Å². The van der Waals surface area contributed by atoms with Crippen molar-refractivity contribution in [1.29, 1.82) is 0 Å². The van der Waals surface area contributed by atoms with Crippen molar-refractivity contribution in [3.63, 3.8) is 0 Å². The minimum absolute atomic E-state index is 0. The second-order valence-corrected chi connectivity index (χ2v) is 11.6. The normalized spacial score (nSPS) is 12.3. The second kappa shape index (κ2) is 25.6. The van der Waals surface area contributed by atoms with Crippen molar-refractivity contribution in [3.05, 3.63) is 0 Å². The van der Waals surface area contributed by atoms with E-state index in [1.165, 1.54) is 0 Å². The van der Waals surface area contributed by atoms with E-state index in [4.69, 9.17) is 28.4 Å². The van der Waals surface area contributed by atoms with Gasteiger partial charge in [0.2, 0.25) is 0 Å². The summed E-state index contributed by atoms with van der Waals surface area (Å²) in [6.07, 6.45) is 2.27. The number of hydrogen-bond acceptors (Lipinski definition) is 10. The van der Waals surface area contributed by atoms with Crippen LogP contribution in [0.5, 0.6) is 0 Å². The standard InChI is InChI=1S/C24H56N4O6P.ClH/c1-9-11-12-25(10-2)35(26(13-19-29-3)14-20-30-4,27(15-21-31-5)16-22-32-6)28(17-23-33-7)18-24-34-8;/h9-24H2,1-8H3;1H/q+1;/p-1. The molecule has 0 saturated heterocycles. The molecule has 0 spiro atoms. The van der Waals surface area contributed by atoms with Gasteiger partial charge < -0.3 is 40.8 Å². The molecule has 0 aromatic rings. The molecule has 0 fully saturated rings. The summed E-state index contributed by atoms with van der Waals surface area (Å²) in [7, 11) is 8.32. The Hall–Kier alpha value is 0.320. The lowest BCUT2D eigenvalue weighted by Gasteiger charge is -2.51. The highest BCUT2D eigenvalue weighted by molar-refractivity contribution is 7.66. The average Bonchev–Trinajstić information content (AvgIpc) is 2.88. The van der Waals surface area contributed by atoms with Crippen LogP contribution in [0.3, 0.4) is 0 Å². The summed E-state index contributed by atoms with van der Waals surface area (Å²) in [5.41, 5.74) is 0. The van der Waals surface area contributed by atoms with Gasteiger partial charge >= 0.3 is 7.87 Å². The molecule has 0 saturated carbocycles. The van der Waals surface area contributed by atoms with E-state index in [0.29, 0.717) is 39.6 Å². The predicted octanol–water partition coefficient (Wildman–Crippen LogP) is -0.426. The highest BCUT2D eigenvalue weighted by Crippen LogP contribution is 2.69. The maximum atomic E-state index is 5.61. The SMILES string of the molecule is CCCCN(CC)[P+](N(CCOC)CCOC)(N(CCOC)CCOC)N(CCOC)CCOC.[Cl-]. The average molecular weight is 563 g/mol. The first-order valence-corrected chi connectivity index (χ1v) is 14.5. The van der Waals surface area contributed by atoms with Crippen LogP contribution in [-0.4, -0.2) is 153 Å². The van der Waals surface area contributed by atoms with Crippen molar-refractivity contribution in [2.45, 2.75) is 26.7 Å². The lowest BCUT2D eigenvalue weighted by atomic mass is 10.3. The molecule has 0 N–H and O–H groups in total. The summed E-state index contributed by atoms with van der Waals surface area (Å²) in [5, 5.41) is 0. The van der Waals surface area contributed by atoms with Crippen LogP contribution in [0.15, 0.2) is 0 Å². The first-order chi connectivity index (χ1) is 17.1. The minimum atomic E-state index is -2.29. The van der Waals surface area contributed by atoms with E-state index in [2.05, 4.69) is 32.5 Å². The monoisotopic (exact) mass is 562 g/mol. The molecule has 0 unspecified atom stereocenters. The van der Waals surface area contributed by atoms with Gasteiger partial charge in [0.1, 0.15) is 0 Å². The molecule has 0 heterocycles. The van der Waals surface area contributed by atoms with Gasteiger partial charge in [-0.25, -0.2) is 0 Å². The third-order valence-electron chi connectivity index (χ3n) is 5.97. The fraction of sp³-hybridized carbons (Fsp3) is 1.00. The molecule has 220 valence electrons. The molecular formula is C24H56ClN4O6P. The fourth-order valence-electron chi connectivity index (χ4n) is 4.22. The first kappa shape index (κ1) is 38.5. The van der Waals surface area contributed by atoms with E-state index in [1.54, 1.807) is 42.7 Å². The molecule has 36 heavy (non-hydrogen) atoms. The van der Waals surface area contributed by atoms with Gasteiger partial charge in [-0.3, -0.25) is 0 Å². The summed E-state index contributed by atoms with van der Waals surface area (Å²) < 4.78 is 44.2. The molecule has 0 aliphatic rings. The molecule has 0 rings (SSSR count). The zero-order chi connectivity index (χ0) is 26.4. The molecule has 12 heteroatoms. The van der Waals surface area contributed by atoms with Gasteiger partial charge in [-0.05, 0) is 13.3 Å². The van der Waals surface area contributed by atoms with Crippen molar-refractivity contribution in [2.24, 2.45) is 0 Å². The summed E-state index contributed by atoms with van der Waals surface area (Å²) in [5.74, 6) is 0. The number of nitrogens with zero attached hydrogens (tertiary/aromatic N) is 4. The number of unbranched alkanes of at least 4 members (excludes halogenated alkanes) is 1. The third kappa shape index (κ3) is 12.9. The Morgan fingerprint density at radius 2 is 0.722 bits per heavy atom. The Labute approximate surface area is 228 Å². The Kier molecular flexibility index (Phi) is 27.3. The van der Waals surface area contributed by atoms with Crippen LogP contribution in [0, 0.1) is 0 Å². The highest BCUT2D eigenvalue weighted by Gasteiger charge is 2.60. The fourth-order valence-corrected chi connectivity index (χ4v) is 9.25. The zero-order valence-electron chi connectivity index (χ0n) is 24.4. The molecule has 0 radical (unpaired) electrons. The summed E-state index contributed by atoms with van der Waals surface area (Å²) in [4.78, 5) is 0. The van der Waals surface area contributed by atoms with Crippen molar-refractivity contribution in [2.75, 3.05) is 135 Å². The first-order valence-electron chi connectivity index (χ1n) is 12.9. The zero-order valence-corrected chi connectivity index (χ0v) is 26.0. The van der Waals surface area contributed by atoms with E-state index >= 15 is 0 Å². The third-order valence-corrected chi connectivity index (χ3v) is 10.7. The molecule has 0 aromatic heterocycles. The largest absolute Gasteiger partial charge is 1.00 e. The van der Waals surface area contributed by atoms with Gasteiger partial charge in [-0.2, -0.15) is 0 Å². The van der Waals surface area contributed by atoms with Crippen molar-refractivity contribution in [1.82, 2.24) is 18.7 Å². The number of rotatable bonds is 26. The van der Waals surface area contributed by atoms with Gasteiger partial charge in [-0.15, -0.1) is 18.7 Å². The van der Waals surface area contributed by atoms with Crippen LogP contribution in [0.1, 0.15) is 26.7 Å². The van der Waals surface area contributed by atoms with Crippen molar-refractivity contribution in [3.8, 4) is 0 Å². The number of methoxy groups -OCH3 is 6. The molecule has 10 nitrogen and oxygen atoms in total. The number of halogens is 1. The molecular weight excluding hydrogens is 507 g/mol. The van der Waals surface area contributed by atoms with Crippen LogP contribution < -0.4 is 12.4 Å². The summed E-state index contributed by atoms with van der Waals surface area (Å²) in [6, 6.07) is 0. The summed E-state index contributed by atoms with van der Waals surface area (Å²) >= 11 is 0. The molecule has 0 atom stereocenters. The number of ether oxygens (including phenoxy) is 6. The van der Waals surface area contributed by atoms with Gasteiger partial charge in [0.25, 0.3) is 0 Å². The van der Waals surface area contributed by atoms with Gasteiger partial charge in [0.15, 0.2) is 0 Å². The van der Waals surface area contributed by atoms with Crippen LogP contribution in [0.25, 0.3) is 0 Å². The topological polar surface area (TPSA) is 68.3 Å². The maximum Gasteiger partial charge on any atom is 0.309 e. The lowest BCUT2D eigenvalue weighted by Crippen LogP contribution is -3.00. The quantitative estimate of drug-likeness (QED) is 0.130. The Morgan fingerprint density at radius 1 is 0.444 bits per heavy atom. The van der Waals surface area contributed by atoms with Crippen molar-refractivity contribution >= 4 is 7.87 Å². The number of hydrogen-bond donors (Lipinski definition) is 0. The second-order valence-electron chi connectivity index (χ2n) is 8.25. The Morgan fingerprint density at radius 3 is 0.917 bits per heavy atom. The van der Waals surface area contributed by atoms with Crippen LogP contribution in [0.2, 0.25) is 0 Å². The molecule has 0 aliphatic heterocycles. The predicted molar refractivity (Wildman–Crippen MR) is 145 cm³/mol. The smallest absolute Gasteiger partial charge is 0.309 e. The van der Waals surface area contributed by atoms with E-state index in [-0.39, 0.29) is 12.4 Å². The molecule has 0 aromatic carbocycles. The summed E-state index contributed by atoms with van der Waals surface area (Å²) in [6.45, 7) is 15.1. The van der Waals surface area contributed by atoms with E-state index in [9.17, 15) is 0 Å². The maximum absolute atomic E-state index is 5.61. The van der Waals surface area contributed by atoms with Crippen LogP contribution in [0.4, 0.5) is 0 Å². The van der Waals surface area contributed by atoms with Gasteiger partial charge in [0.05, 0.1) is 78.9 Å². The van der Waals surface area contributed by atoms with E-state index < -0.39 is 7.87 Å². The minimum Gasteiger partial charge on any atom is -1.00 e. The van der Waals surface area contributed by atoms with E-state index in [0.717, 1.165) is 65.2 Å². The molecule has 0 aliphatic carbocycles. The molecule has 0 bridgehead atoms. The lowest BCUT2D eigenvalue weighted by molar-refractivity contribution is -0.00000982. The van der Waals surface area contributed by atoms with Crippen LogP contribution >= 0.6 is 7.87 Å². The molecule has 0 amide bonds. The Balaban J connectivity index is 0. The Bertz CT molecular complexity index is 402. The highest BCUT2D eigenvalue weighted by atomic mass is 35.5. The van der Waals surface area contributed by atoms with Gasteiger partial charge in [0, 0.05) is 55.7 Å². The van der Waals surface area contributed by atoms with Crippen LogP contribution in [-0.2, 0) is 28.4 Å². The van der Waals surface area contributed by atoms with Gasteiger partial charge in [-0.1, -0.05) is 13.3 Å². The van der Waals surface area contributed by atoms with Crippen molar-refractivity contribution < 1.29 is 40.8 Å².